The maximum absolute atomic E-state index is 14.6. The number of hydrogen-bond acceptors (Lipinski definition) is 13. The Morgan fingerprint density at radius 1 is 0.847 bits per heavy atom. The quantitative estimate of drug-likeness (QED) is 0.0623. The number of piperidine rings is 2. The van der Waals surface area contributed by atoms with Gasteiger partial charge in [-0.2, -0.15) is 4.98 Å². The van der Waals surface area contributed by atoms with Crippen molar-refractivity contribution in [3.63, 3.8) is 0 Å². The summed E-state index contributed by atoms with van der Waals surface area (Å²) in [5.74, 6) is 1.05. The SMILES string of the molecule is CCOc1cc(N2CCC(N3CCN(CCc4cccc5c4n(CC)c(=O)n5C4CCC(=O)NC4=O)CC3)CC2)c(CC)cc1Nc1ncc(Br)c(Nc2ccc3nc(CC)ccc3c2P2(=O)CCCC2)n1. The molecule has 1 atom stereocenters. The number of ether oxygens (including phenoxy) is 1. The first-order valence-electron chi connectivity index (χ1n) is 26.1. The average molecular weight is 1060 g/mol. The number of halogens is 1. The molecule has 16 nitrogen and oxygen atoms in total. The first-order chi connectivity index (χ1) is 35.0. The van der Waals surface area contributed by atoms with Crippen LogP contribution in [-0.4, -0.2) is 116 Å². The van der Waals surface area contributed by atoms with Gasteiger partial charge < -0.3 is 29.7 Å². The summed E-state index contributed by atoms with van der Waals surface area (Å²) in [5, 5.41) is 11.3. The molecule has 18 heteroatoms. The van der Waals surface area contributed by atoms with Crippen LogP contribution >= 0.6 is 23.1 Å². The zero-order chi connectivity index (χ0) is 50.1. The number of fused-ring (bicyclic) bond motifs is 2. The molecule has 1 unspecified atom stereocenters. The van der Waals surface area contributed by atoms with Gasteiger partial charge in [-0.15, -0.1) is 0 Å². The molecule has 3 aromatic heterocycles. The number of nitrogens with zero attached hydrogens (tertiary/aromatic N) is 8. The first kappa shape index (κ1) is 49.9. The van der Waals surface area contributed by atoms with Crippen molar-refractivity contribution in [2.24, 2.45) is 0 Å². The van der Waals surface area contributed by atoms with E-state index in [2.05, 4.69) is 89.7 Å². The third kappa shape index (κ3) is 9.93. The molecule has 7 heterocycles. The fourth-order valence-electron chi connectivity index (χ4n) is 11.6. The van der Waals surface area contributed by atoms with E-state index in [1.54, 1.807) is 15.3 Å². The number of para-hydroxylation sites is 1. The smallest absolute Gasteiger partial charge is 0.329 e. The van der Waals surface area contributed by atoms with E-state index in [1.807, 2.05) is 44.2 Å². The largest absolute Gasteiger partial charge is 0.492 e. The molecule has 72 heavy (non-hydrogen) atoms. The number of imide groups is 1. The minimum absolute atomic E-state index is 0.199. The molecule has 6 aromatic rings. The average Bonchev–Trinajstić information content (AvgIpc) is 3.97. The Balaban J connectivity index is 0.783. The van der Waals surface area contributed by atoms with Gasteiger partial charge in [0, 0.05) is 111 Å². The summed E-state index contributed by atoms with van der Waals surface area (Å²) in [7, 11) is -2.65. The molecular weight excluding hydrogens is 994 g/mol. The van der Waals surface area contributed by atoms with Crippen LogP contribution in [0.3, 0.4) is 0 Å². The van der Waals surface area contributed by atoms with Crippen molar-refractivity contribution in [1.29, 1.82) is 0 Å². The molecule has 4 aliphatic heterocycles. The number of aromatic nitrogens is 5. The highest BCUT2D eigenvalue weighted by Gasteiger charge is 2.35. The standard InChI is InChI=1S/C54H67BrN11O5P/c1-5-35-32-43(59-53-56-34-40(55)51(61-53)58-42-17-16-41-39(15-14-37(6-2)57-41)50(42)72(70)30-9-10-31-72)47(71-8-4)33-46(35)64-24-21-38(22-25-64)63-28-26-62(27-29-63)23-20-36-12-11-13-44-49(36)65(7-3)54(69)66(44)45-18-19-48(67)60-52(45)68/h11-17,32-34,38,45H,5-10,18-31H2,1-4H3,(H,60,67,68)(H2,56,58,59,61). The molecule has 0 saturated carbocycles. The number of hydrogen-bond donors (Lipinski definition) is 3. The fraction of sp³-hybridized carbons (Fsp3) is 0.481. The molecule has 4 saturated heterocycles. The molecule has 380 valence electrons. The number of pyridine rings is 1. The fourth-order valence-corrected chi connectivity index (χ4v) is 15.2. The Labute approximate surface area is 429 Å². The third-order valence-electron chi connectivity index (χ3n) is 15.4. The second-order valence-corrected chi connectivity index (χ2v) is 23.6. The van der Waals surface area contributed by atoms with Crippen LogP contribution in [0.4, 0.5) is 28.8 Å². The van der Waals surface area contributed by atoms with Gasteiger partial charge in [-0.3, -0.25) is 33.9 Å². The number of nitrogens with one attached hydrogen (secondary N) is 3. The normalized spacial score (nSPS) is 19.1. The van der Waals surface area contributed by atoms with Crippen LogP contribution in [0.15, 0.2) is 70.1 Å². The predicted molar refractivity (Wildman–Crippen MR) is 291 cm³/mol. The van der Waals surface area contributed by atoms with E-state index in [9.17, 15) is 18.9 Å². The van der Waals surface area contributed by atoms with Crippen molar-refractivity contribution in [2.75, 3.05) is 80.3 Å². The van der Waals surface area contributed by atoms with E-state index < -0.39 is 19.1 Å². The molecule has 4 fully saturated rings. The van der Waals surface area contributed by atoms with Crippen LogP contribution in [0.5, 0.6) is 5.75 Å². The van der Waals surface area contributed by atoms with Crippen molar-refractivity contribution in [3.8, 4) is 5.75 Å². The Morgan fingerprint density at radius 3 is 2.36 bits per heavy atom. The Morgan fingerprint density at radius 2 is 1.64 bits per heavy atom. The lowest BCUT2D eigenvalue weighted by Crippen LogP contribution is -2.53. The lowest BCUT2D eigenvalue weighted by molar-refractivity contribution is -0.135. The van der Waals surface area contributed by atoms with Crippen LogP contribution in [0.25, 0.3) is 21.9 Å². The highest BCUT2D eigenvalue weighted by atomic mass is 79.9. The summed E-state index contributed by atoms with van der Waals surface area (Å²) in [6.07, 6.45) is 10.3. The van der Waals surface area contributed by atoms with E-state index in [0.717, 1.165) is 146 Å². The third-order valence-corrected chi connectivity index (χ3v) is 19.3. The minimum Gasteiger partial charge on any atom is -0.492 e. The van der Waals surface area contributed by atoms with Crippen LogP contribution in [-0.2, 0) is 40.0 Å². The molecule has 10 rings (SSSR count). The minimum atomic E-state index is -2.65. The summed E-state index contributed by atoms with van der Waals surface area (Å²) >= 11 is 3.69. The van der Waals surface area contributed by atoms with Gasteiger partial charge in [0.25, 0.3) is 0 Å². The maximum atomic E-state index is 14.6. The van der Waals surface area contributed by atoms with Gasteiger partial charge in [0.1, 0.15) is 24.8 Å². The molecule has 0 radical (unpaired) electrons. The van der Waals surface area contributed by atoms with Crippen molar-refractivity contribution in [1.82, 2.24) is 39.2 Å². The number of piperazine rings is 1. The van der Waals surface area contributed by atoms with Crippen molar-refractivity contribution >= 4 is 91.0 Å². The van der Waals surface area contributed by atoms with E-state index in [0.29, 0.717) is 54.2 Å². The number of aryl methyl sites for hydroxylation is 3. The van der Waals surface area contributed by atoms with Gasteiger partial charge in [0.05, 0.1) is 39.0 Å². The number of amides is 2. The lowest BCUT2D eigenvalue weighted by atomic mass is 9.99. The van der Waals surface area contributed by atoms with Gasteiger partial charge in [0.15, 0.2) is 0 Å². The van der Waals surface area contributed by atoms with E-state index in [-0.39, 0.29) is 18.0 Å². The van der Waals surface area contributed by atoms with Gasteiger partial charge in [0.2, 0.25) is 17.8 Å². The van der Waals surface area contributed by atoms with Crippen molar-refractivity contribution < 1.29 is 18.9 Å². The topological polar surface area (TPSA) is 172 Å². The summed E-state index contributed by atoms with van der Waals surface area (Å²) in [5.41, 5.74) is 8.46. The zero-order valence-corrected chi connectivity index (χ0v) is 44.5. The highest BCUT2D eigenvalue weighted by molar-refractivity contribution is 9.10. The molecular formula is C54H67BrN11O5P. The number of imidazole rings is 1. The van der Waals surface area contributed by atoms with Crippen LogP contribution < -0.4 is 36.6 Å². The monoisotopic (exact) mass is 1060 g/mol. The van der Waals surface area contributed by atoms with E-state index >= 15 is 0 Å². The Hall–Kier alpha value is -5.61. The second-order valence-electron chi connectivity index (χ2n) is 19.6. The predicted octanol–water partition coefficient (Wildman–Crippen LogP) is 8.52. The molecule has 4 aliphatic rings. The summed E-state index contributed by atoms with van der Waals surface area (Å²) in [4.78, 5) is 60.7. The molecule has 0 aliphatic carbocycles. The number of anilines is 5. The first-order valence-corrected chi connectivity index (χ1v) is 29.0. The molecule has 0 spiro atoms. The van der Waals surface area contributed by atoms with Gasteiger partial charge in [-0.05, 0) is 123 Å². The number of rotatable bonds is 16. The van der Waals surface area contributed by atoms with E-state index in [1.165, 1.54) is 11.3 Å². The van der Waals surface area contributed by atoms with Crippen LogP contribution in [0.1, 0.15) is 89.1 Å². The number of carbonyl (C=O) groups is 2. The highest BCUT2D eigenvalue weighted by Crippen LogP contribution is 2.54. The Kier molecular flexibility index (Phi) is 14.9. The molecule has 3 aromatic carbocycles. The van der Waals surface area contributed by atoms with E-state index in [4.69, 9.17) is 14.7 Å². The summed E-state index contributed by atoms with van der Waals surface area (Å²) in [6.45, 7) is 16.1. The molecule has 3 N–H and O–H groups in total. The summed E-state index contributed by atoms with van der Waals surface area (Å²) in [6, 6.07) is 18.4. The lowest BCUT2D eigenvalue weighted by Gasteiger charge is -2.43. The summed E-state index contributed by atoms with van der Waals surface area (Å²) < 4.78 is 25.0. The van der Waals surface area contributed by atoms with Crippen LogP contribution in [0, 0.1) is 0 Å². The van der Waals surface area contributed by atoms with Gasteiger partial charge >= 0.3 is 5.69 Å². The van der Waals surface area contributed by atoms with Crippen LogP contribution in [0.2, 0.25) is 0 Å². The Bertz CT molecular complexity index is 3110. The number of carbonyl (C=O) groups excluding carboxylic acids is 2. The van der Waals surface area contributed by atoms with Gasteiger partial charge in [-0.1, -0.05) is 32.0 Å². The molecule has 2 amide bonds. The maximum Gasteiger partial charge on any atom is 0.329 e. The van der Waals surface area contributed by atoms with Gasteiger partial charge in [-0.25, -0.2) is 9.78 Å². The van der Waals surface area contributed by atoms with Crippen molar-refractivity contribution in [3.05, 3.63) is 92.6 Å². The molecule has 0 bridgehead atoms. The second kappa shape index (κ2) is 21.5. The zero-order valence-electron chi connectivity index (χ0n) is 42.0. The van der Waals surface area contributed by atoms with Crippen molar-refractivity contribution in [2.45, 2.75) is 104 Å². The number of benzene rings is 3.